The molecule has 26 heavy (non-hydrogen) atoms. The van der Waals surface area contributed by atoms with Crippen LogP contribution in [0.3, 0.4) is 0 Å². The van der Waals surface area contributed by atoms with Gasteiger partial charge in [0.2, 0.25) is 11.8 Å². The van der Waals surface area contributed by atoms with Crippen molar-refractivity contribution in [3.8, 4) is 0 Å². The van der Waals surface area contributed by atoms with E-state index in [0.29, 0.717) is 15.7 Å². The molecular weight excluding hydrogens is 371 g/mol. The van der Waals surface area contributed by atoms with E-state index in [1.54, 1.807) is 25.2 Å². The molecule has 0 radical (unpaired) electrons. The quantitative estimate of drug-likeness (QED) is 0.815. The highest BCUT2D eigenvalue weighted by molar-refractivity contribution is 6.42. The lowest BCUT2D eigenvalue weighted by Gasteiger charge is -2.43. The first-order valence-corrected chi connectivity index (χ1v) is 9.24. The van der Waals surface area contributed by atoms with Crippen LogP contribution in [0.25, 0.3) is 0 Å². The molecule has 0 aromatic heterocycles. The molecule has 1 aliphatic rings. The maximum atomic E-state index is 13.0. The van der Waals surface area contributed by atoms with E-state index in [2.05, 4.69) is 5.32 Å². The van der Waals surface area contributed by atoms with Crippen LogP contribution < -0.4 is 5.32 Å². The van der Waals surface area contributed by atoms with Crippen LogP contribution in [0.5, 0.6) is 0 Å². The predicted molar refractivity (Wildman–Crippen MR) is 105 cm³/mol. The number of hydrogen-bond donors (Lipinski definition) is 1. The van der Waals surface area contributed by atoms with Gasteiger partial charge in [-0.1, -0.05) is 60.0 Å². The largest absolute Gasteiger partial charge is 0.336 e. The number of hydrogen-bond acceptors (Lipinski definition) is 2. The average molecular weight is 391 g/mol. The topological polar surface area (TPSA) is 49.4 Å². The van der Waals surface area contributed by atoms with Gasteiger partial charge in [-0.15, -0.1) is 0 Å². The van der Waals surface area contributed by atoms with Crippen molar-refractivity contribution in [2.75, 3.05) is 18.9 Å². The lowest BCUT2D eigenvalue weighted by molar-refractivity contribution is -0.141. The molecule has 2 aromatic rings. The molecular formula is C20H20Cl2N2O2. The van der Waals surface area contributed by atoms with Crippen LogP contribution in [-0.2, 0) is 15.0 Å². The number of benzene rings is 2. The summed E-state index contributed by atoms with van der Waals surface area (Å²) >= 11 is 11.8. The fourth-order valence-corrected chi connectivity index (χ4v) is 3.64. The van der Waals surface area contributed by atoms with Crippen molar-refractivity contribution in [3.05, 3.63) is 64.1 Å². The molecule has 0 atom stereocenters. The Labute approximate surface area is 163 Å². The van der Waals surface area contributed by atoms with E-state index < -0.39 is 5.41 Å². The van der Waals surface area contributed by atoms with Crippen LogP contribution in [0.15, 0.2) is 48.5 Å². The molecule has 4 nitrogen and oxygen atoms in total. The zero-order valence-electron chi connectivity index (χ0n) is 14.5. The minimum atomic E-state index is -0.500. The third kappa shape index (κ3) is 3.71. The van der Waals surface area contributed by atoms with Gasteiger partial charge in [0.05, 0.1) is 22.0 Å². The highest BCUT2D eigenvalue weighted by atomic mass is 35.5. The van der Waals surface area contributed by atoms with Gasteiger partial charge in [0.25, 0.3) is 0 Å². The monoisotopic (exact) mass is 390 g/mol. The number of anilines is 1. The van der Waals surface area contributed by atoms with Crippen LogP contribution in [0.1, 0.15) is 24.8 Å². The van der Waals surface area contributed by atoms with Crippen molar-refractivity contribution >= 4 is 40.7 Å². The third-order valence-electron chi connectivity index (χ3n) is 4.87. The molecule has 0 bridgehead atoms. The lowest BCUT2D eigenvalue weighted by Crippen LogP contribution is -2.51. The molecule has 1 N–H and O–H groups in total. The first-order valence-electron chi connectivity index (χ1n) is 8.48. The summed E-state index contributed by atoms with van der Waals surface area (Å²) in [6, 6.07) is 14.7. The van der Waals surface area contributed by atoms with Gasteiger partial charge in [0.1, 0.15) is 0 Å². The van der Waals surface area contributed by atoms with Crippen molar-refractivity contribution < 1.29 is 9.59 Å². The number of rotatable bonds is 5. The van der Waals surface area contributed by atoms with Crippen LogP contribution in [0, 0.1) is 0 Å². The minimum Gasteiger partial charge on any atom is -0.336 e. The maximum absolute atomic E-state index is 13.0. The predicted octanol–water partition coefficient (Wildman–Crippen LogP) is 4.51. The first kappa shape index (κ1) is 18.7. The summed E-state index contributed by atoms with van der Waals surface area (Å²) in [4.78, 5) is 26.9. The molecule has 1 saturated carbocycles. The summed E-state index contributed by atoms with van der Waals surface area (Å²) in [7, 11) is 1.67. The first-order chi connectivity index (χ1) is 12.4. The smallest absolute Gasteiger partial charge is 0.243 e. The summed E-state index contributed by atoms with van der Waals surface area (Å²) in [5, 5.41) is 3.54. The van der Waals surface area contributed by atoms with E-state index in [-0.39, 0.29) is 18.4 Å². The Bertz CT molecular complexity index is 820. The number of carbonyl (C=O) groups excluding carboxylic acids is 2. The van der Waals surface area contributed by atoms with Crippen LogP contribution >= 0.6 is 23.2 Å². The van der Waals surface area contributed by atoms with Crippen molar-refractivity contribution in [1.82, 2.24) is 4.90 Å². The molecule has 0 aliphatic heterocycles. The second kappa shape index (κ2) is 7.68. The van der Waals surface area contributed by atoms with E-state index in [1.807, 2.05) is 30.3 Å². The zero-order valence-corrected chi connectivity index (χ0v) is 16.0. The summed E-state index contributed by atoms with van der Waals surface area (Å²) in [5.41, 5.74) is 1.07. The van der Waals surface area contributed by atoms with E-state index in [1.165, 1.54) is 4.90 Å². The summed E-state index contributed by atoms with van der Waals surface area (Å²) in [5.74, 6) is -0.291. The Morgan fingerprint density at radius 2 is 1.77 bits per heavy atom. The highest BCUT2D eigenvalue weighted by Gasteiger charge is 2.47. The molecule has 2 amide bonds. The fourth-order valence-electron chi connectivity index (χ4n) is 3.34. The number of halogens is 2. The highest BCUT2D eigenvalue weighted by Crippen LogP contribution is 2.44. The maximum Gasteiger partial charge on any atom is 0.243 e. The molecule has 0 unspecified atom stereocenters. The third-order valence-corrected chi connectivity index (χ3v) is 5.61. The lowest BCUT2D eigenvalue weighted by atomic mass is 9.63. The Morgan fingerprint density at radius 1 is 1.08 bits per heavy atom. The second-order valence-electron chi connectivity index (χ2n) is 6.64. The van der Waals surface area contributed by atoms with Crippen LogP contribution in [0.4, 0.5) is 5.69 Å². The number of amides is 2. The molecule has 2 aromatic carbocycles. The number of nitrogens with one attached hydrogen (secondary N) is 1. The fraction of sp³-hybridized carbons (Fsp3) is 0.300. The van der Waals surface area contributed by atoms with Gasteiger partial charge in [0, 0.05) is 12.7 Å². The number of nitrogens with zero attached hydrogens (tertiary/aromatic N) is 1. The molecule has 0 spiro atoms. The molecule has 0 heterocycles. The standard InChI is InChI=1S/C20H20Cl2N2O2/c1-24(13-18(25)23-15-8-9-16(21)17(22)12-15)19(26)20(10-5-11-20)14-6-3-2-4-7-14/h2-4,6-9,12H,5,10-11,13H2,1H3,(H,23,25). The van der Waals surface area contributed by atoms with Gasteiger partial charge in [0.15, 0.2) is 0 Å². The Balaban J connectivity index is 1.67. The molecule has 3 rings (SSSR count). The van der Waals surface area contributed by atoms with Gasteiger partial charge in [-0.3, -0.25) is 9.59 Å². The van der Waals surface area contributed by atoms with Crippen molar-refractivity contribution in [2.45, 2.75) is 24.7 Å². The normalized spacial score (nSPS) is 15.0. The Hall–Kier alpha value is -2.04. The van der Waals surface area contributed by atoms with Gasteiger partial charge in [-0.05, 0) is 36.6 Å². The van der Waals surface area contributed by atoms with E-state index in [9.17, 15) is 9.59 Å². The zero-order chi connectivity index (χ0) is 18.7. The Kier molecular flexibility index (Phi) is 5.54. The van der Waals surface area contributed by atoms with Crippen LogP contribution in [0.2, 0.25) is 10.0 Å². The number of likely N-dealkylation sites (N-methyl/N-ethyl adjacent to an activating group) is 1. The minimum absolute atomic E-state index is 0.0146. The van der Waals surface area contributed by atoms with Gasteiger partial charge in [-0.2, -0.15) is 0 Å². The van der Waals surface area contributed by atoms with E-state index in [0.717, 1.165) is 24.8 Å². The SMILES string of the molecule is CN(CC(=O)Nc1ccc(Cl)c(Cl)c1)C(=O)C1(c2ccccc2)CCC1. The number of carbonyl (C=O) groups is 2. The van der Waals surface area contributed by atoms with E-state index >= 15 is 0 Å². The molecule has 1 fully saturated rings. The van der Waals surface area contributed by atoms with Crippen molar-refractivity contribution in [1.29, 1.82) is 0 Å². The summed E-state index contributed by atoms with van der Waals surface area (Å²) in [6.07, 6.45) is 2.65. The van der Waals surface area contributed by atoms with Gasteiger partial charge in [-0.25, -0.2) is 0 Å². The molecule has 1 aliphatic carbocycles. The van der Waals surface area contributed by atoms with E-state index in [4.69, 9.17) is 23.2 Å². The summed E-state index contributed by atoms with van der Waals surface area (Å²) in [6.45, 7) is -0.0202. The van der Waals surface area contributed by atoms with Gasteiger partial charge >= 0.3 is 0 Å². The van der Waals surface area contributed by atoms with Crippen LogP contribution in [-0.4, -0.2) is 30.3 Å². The second-order valence-corrected chi connectivity index (χ2v) is 7.45. The Morgan fingerprint density at radius 3 is 2.35 bits per heavy atom. The summed E-state index contributed by atoms with van der Waals surface area (Å²) < 4.78 is 0. The molecule has 136 valence electrons. The van der Waals surface area contributed by atoms with Gasteiger partial charge < -0.3 is 10.2 Å². The molecule has 0 saturated heterocycles. The van der Waals surface area contributed by atoms with Crippen molar-refractivity contribution in [3.63, 3.8) is 0 Å². The molecule has 6 heteroatoms. The van der Waals surface area contributed by atoms with Crippen molar-refractivity contribution in [2.24, 2.45) is 0 Å². The average Bonchev–Trinajstić information content (AvgIpc) is 2.58.